The molecule has 3 aromatic carbocycles. The molecule has 0 amide bonds. The van der Waals surface area contributed by atoms with E-state index in [1.807, 2.05) is 66.7 Å². The Hall–Kier alpha value is -3.26. The van der Waals surface area contributed by atoms with Crippen molar-refractivity contribution >= 4 is 0 Å². The highest BCUT2D eigenvalue weighted by molar-refractivity contribution is 5.47. The van der Waals surface area contributed by atoms with Crippen molar-refractivity contribution in [2.75, 3.05) is 34.2 Å². The minimum atomic E-state index is -0.658. The van der Waals surface area contributed by atoms with Crippen LogP contribution in [0.5, 0.6) is 23.0 Å². The van der Waals surface area contributed by atoms with Gasteiger partial charge in [-0.1, -0.05) is 48.5 Å². The van der Waals surface area contributed by atoms with Crippen molar-refractivity contribution < 1.29 is 28.8 Å². The Labute approximate surface area is 200 Å². The molecule has 1 aliphatic heterocycles. The van der Waals surface area contributed by atoms with Crippen molar-refractivity contribution in [2.24, 2.45) is 0 Å². The molecule has 0 aromatic heterocycles. The number of hydrogen-bond donors (Lipinski definition) is 1. The summed E-state index contributed by atoms with van der Waals surface area (Å²) in [5.41, 5.74) is 3.11. The van der Waals surface area contributed by atoms with E-state index in [0.717, 1.165) is 28.2 Å². The van der Waals surface area contributed by atoms with E-state index in [9.17, 15) is 5.11 Å². The number of methoxy groups -OCH3 is 2. The number of benzene rings is 3. The largest absolute Gasteiger partial charge is 0.493 e. The van der Waals surface area contributed by atoms with E-state index in [1.165, 1.54) is 0 Å². The molecule has 0 saturated heterocycles. The Balaban J connectivity index is 1.45. The molecule has 1 aliphatic rings. The molecule has 3 aromatic rings. The van der Waals surface area contributed by atoms with E-state index in [2.05, 4.69) is 4.90 Å². The highest BCUT2D eigenvalue weighted by Gasteiger charge is 2.19. The lowest BCUT2D eigenvalue weighted by molar-refractivity contribution is 0.00701. The van der Waals surface area contributed by atoms with Gasteiger partial charge in [0.15, 0.2) is 23.0 Å². The molecule has 0 fully saturated rings. The second-order valence-corrected chi connectivity index (χ2v) is 8.16. The third kappa shape index (κ3) is 6.20. The number of para-hydroxylation sites is 1. The second kappa shape index (κ2) is 11.7. The number of ether oxygens (including phenoxy) is 5. The van der Waals surface area contributed by atoms with Crippen LogP contribution < -0.4 is 18.9 Å². The van der Waals surface area contributed by atoms with Gasteiger partial charge in [0.05, 0.1) is 33.5 Å². The van der Waals surface area contributed by atoms with Gasteiger partial charge in [-0.05, 0) is 29.3 Å². The van der Waals surface area contributed by atoms with Gasteiger partial charge < -0.3 is 28.8 Å². The number of hydrogen-bond acceptors (Lipinski definition) is 7. The van der Waals surface area contributed by atoms with Gasteiger partial charge in [0.25, 0.3) is 0 Å². The molecule has 0 spiro atoms. The minimum Gasteiger partial charge on any atom is -0.493 e. The van der Waals surface area contributed by atoms with Crippen molar-refractivity contribution in [3.63, 3.8) is 0 Å². The summed E-state index contributed by atoms with van der Waals surface area (Å²) in [6, 6.07) is 21.7. The molecule has 1 N–H and O–H groups in total. The molecule has 1 heterocycles. The molecular weight excluding hydrogens is 434 g/mol. The summed E-state index contributed by atoms with van der Waals surface area (Å²) in [5, 5.41) is 10.8. The summed E-state index contributed by atoms with van der Waals surface area (Å²) in [6.45, 7) is 2.52. The number of fused-ring (bicyclic) bond motifs is 1. The molecule has 0 aliphatic carbocycles. The van der Waals surface area contributed by atoms with Crippen molar-refractivity contribution in [1.82, 2.24) is 4.90 Å². The van der Waals surface area contributed by atoms with Crippen LogP contribution in [0, 0.1) is 0 Å². The molecule has 180 valence electrons. The van der Waals surface area contributed by atoms with E-state index in [-0.39, 0.29) is 13.4 Å². The van der Waals surface area contributed by atoms with Gasteiger partial charge in [-0.3, -0.25) is 4.90 Å². The van der Waals surface area contributed by atoms with Gasteiger partial charge in [0, 0.05) is 25.2 Å². The first-order valence-electron chi connectivity index (χ1n) is 11.3. The molecule has 0 bridgehead atoms. The van der Waals surface area contributed by atoms with Gasteiger partial charge in [0.1, 0.15) is 0 Å². The predicted molar refractivity (Wildman–Crippen MR) is 128 cm³/mol. The second-order valence-electron chi connectivity index (χ2n) is 8.16. The quantitative estimate of drug-likeness (QED) is 0.433. The van der Waals surface area contributed by atoms with Crippen LogP contribution in [0.4, 0.5) is 0 Å². The maximum Gasteiger partial charge on any atom is 0.231 e. The van der Waals surface area contributed by atoms with Crippen LogP contribution in [-0.4, -0.2) is 50.3 Å². The molecule has 4 rings (SSSR count). The number of aliphatic hydroxyl groups excluding tert-OH is 1. The number of nitrogens with zero attached hydrogens (tertiary/aromatic N) is 1. The van der Waals surface area contributed by atoms with Gasteiger partial charge in [0.2, 0.25) is 6.79 Å². The molecule has 34 heavy (non-hydrogen) atoms. The molecule has 7 nitrogen and oxygen atoms in total. The number of rotatable bonds is 12. The minimum absolute atomic E-state index is 0.237. The van der Waals surface area contributed by atoms with Crippen molar-refractivity contribution in [3.05, 3.63) is 83.4 Å². The summed E-state index contributed by atoms with van der Waals surface area (Å²) in [7, 11) is 3.26. The SMILES string of the molecule is COc1cccc(CN(Cc2ccc3c(c2)OCO3)C[C@@H](O)COCc2ccccc2)c1OC. The first-order chi connectivity index (χ1) is 16.7. The summed E-state index contributed by atoms with van der Waals surface area (Å²) in [5.74, 6) is 2.85. The Morgan fingerprint density at radius 3 is 2.50 bits per heavy atom. The summed E-state index contributed by atoms with van der Waals surface area (Å²) in [6.07, 6.45) is -0.658. The van der Waals surface area contributed by atoms with Gasteiger partial charge in [-0.25, -0.2) is 0 Å². The Morgan fingerprint density at radius 1 is 0.882 bits per heavy atom. The lowest BCUT2D eigenvalue weighted by Crippen LogP contribution is -2.34. The van der Waals surface area contributed by atoms with Gasteiger partial charge in [-0.2, -0.15) is 0 Å². The molecule has 0 saturated carbocycles. The van der Waals surface area contributed by atoms with Crippen LogP contribution >= 0.6 is 0 Å². The fraction of sp³-hybridized carbons (Fsp3) is 0.333. The third-order valence-corrected chi connectivity index (χ3v) is 5.61. The summed E-state index contributed by atoms with van der Waals surface area (Å²) in [4.78, 5) is 2.16. The van der Waals surface area contributed by atoms with Crippen molar-refractivity contribution in [1.29, 1.82) is 0 Å². The third-order valence-electron chi connectivity index (χ3n) is 5.61. The number of aliphatic hydroxyl groups is 1. The monoisotopic (exact) mass is 465 g/mol. The van der Waals surface area contributed by atoms with Crippen molar-refractivity contribution in [3.8, 4) is 23.0 Å². The average molecular weight is 466 g/mol. The molecule has 0 unspecified atom stereocenters. The molecule has 0 radical (unpaired) electrons. The average Bonchev–Trinajstić information content (AvgIpc) is 3.32. The van der Waals surface area contributed by atoms with Crippen LogP contribution in [-0.2, 0) is 24.4 Å². The maximum atomic E-state index is 10.8. The Kier molecular flexibility index (Phi) is 8.25. The van der Waals surface area contributed by atoms with E-state index >= 15 is 0 Å². The molecule has 7 heteroatoms. The van der Waals surface area contributed by atoms with Crippen LogP contribution in [0.1, 0.15) is 16.7 Å². The van der Waals surface area contributed by atoms with E-state index in [0.29, 0.717) is 37.7 Å². The van der Waals surface area contributed by atoms with E-state index < -0.39 is 6.10 Å². The smallest absolute Gasteiger partial charge is 0.231 e. The van der Waals surface area contributed by atoms with Crippen LogP contribution in [0.2, 0.25) is 0 Å². The first kappa shape index (κ1) is 23.9. The maximum absolute atomic E-state index is 10.8. The molecule has 1 atom stereocenters. The van der Waals surface area contributed by atoms with E-state index in [4.69, 9.17) is 23.7 Å². The zero-order valence-corrected chi connectivity index (χ0v) is 19.6. The molecular formula is C27H31NO6. The van der Waals surface area contributed by atoms with Crippen LogP contribution in [0.25, 0.3) is 0 Å². The fourth-order valence-corrected chi connectivity index (χ4v) is 4.04. The lowest BCUT2D eigenvalue weighted by Gasteiger charge is -2.26. The lowest BCUT2D eigenvalue weighted by atomic mass is 10.1. The van der Waals surface area contributed by atoms with Gasteiger partial charge >= 0.3 is 0 Å². The fourth-order valence-electron chi connectivity index (χ4n) is 4.04. The summed E-state index contributed by atoms with van der Waals surface area (Å²) < 4.78 is 27.8. The standard InChI is InChI=1S/C27H31NO6/c1-30-25-10-6-9-22(27(25)31-2)15-28(14-21-11-12-24-26(13-21)34-19-33-24)16-23(29)18-32-17-20-7-4-3-5-8-20/h3-13,23,29H,14-19H2,1-2H3/t23-/m1/s1. The summed E-state index contributed by atoms with van der Waals surface area (Å²) >= 11 is 0. The Bertz CT molecular complexity index is 1060. The van der Waals surface area contributed by atoms with Crippen molar-refractivity contribution in [2.45, 2.75) is 25.8 Å². The highest BCUT2D eigenvalue weighted by atomic mass is 16.7. The van der Waals surface area contributed by atoms with Crippen LogP contribution in [0.3, 0.4) is 0 Å². The van der Waals surface area contributed by atoms with Gasteiger partial charge in [-0.15, -0.1) is 0 Å². The van der Waals surface area contributed by atoms with E-state index in [1.54, 1.807) is 14.2 Å². The Morgan fingerprint density at radius 2 is 1.71 bits per heavy atom. The first-order valence-corrected chi connectivity index (χ1v) is 11.3. The zero-order chi connectivity index (χ0) is 23.8. The topological polar surface area (TPSA) is 69.6 Å². The van der Waals surface area contributed by atoms with Crippen LogP contribution in [0.15, 0.2) is 66.7 Å². The normalized spacial score (nSPS) is 13.2. The predicted octanol–water partition coefficient (Wildman–Crippen LogP) is 4.01. The highest BCUT2D eigenvalue weighted by Crippen LogP contribution is 2.34. The zero-order valence-electron chi connectivity index (χ0n) is 19.6.